The standard InChI is InChI=1S/C21H16BrN3O3S/c1-11-14(9-24-12(2)25-11)10-28-18-6-13(16(22)8-17(18)26)7-19-20(27)15-4-3-5-23-21(15)29-19/h3-9,26H,10H2,1-2H3/b19-7-. The van der Waals surface area contributed by atoms with Gasteiger partial charge in [0, 0.05) is 28.1 Å². The lowest BCUT2D eigenvalue weighted by atomic mass is 10.1. The number of Topliss-reactive ketones (excluding diaryl/α,β-unsaturated/α-hetero) is 1. The molecule has 1 aliphatic heterocycles. The van der Waals surface area contributed by atoms with Crippen LogP contribution < -0.4 is 4.74 Å². The third-order valence-electron chi connectivity index (χ3n) is 4.40. The van der Waals surface area contributed by atoms with E-state index in [-0.39, 0.29) is 18.1 Å². The minimum atomic E-state index is -0.0621. The van der Waals surface area contributed by atoms with Crippen molar-refractivity contribution in [3.05, 3.63) is 74.2 Å². The molecule has 1 N–H and O–H groups in total. The van der Waals surface area contributed by atoms with Gasteiger partial charge in [0.15, 0.2) is 11.5 Å². The molecule has 6 nitrogen and oxygen atoms in total. The molecule has 1 aromatic carbocycles. The fraction of sp³-hybridized carbons (Fsp3) is 0.143. The van der Waals surface area contributed by atoms with Crippen molar-refractivity contribution in [2.75, 3.05) is 0 Å². The molecule has 0 saturated carbocycles. The minimum absolute atomic E-state index is 0.0000578. The predicted molar refractivity (Wildman–Crippen MR) is 114 cm³/mol. The Bertz CT molecular complexity index is 1160. The topological polar surface area (TPSA) is 85.2 Å². The number of allylic oxidation sites excluding steroid dienone is 1. The molecule has 3 heterocycles. The number of phenolic OH excluding ortho intramolecular Hbond substituents is 1. The van der Waals surface area contributed by atoms with Crippen LogP contribution in [0.15, 0.2) is 51.1 Å². The number of pyridine rings is 1. The summed E-state index contributed by atoms with van der Waals surface area (Å²) in [6.07, 6.45) is 5.15. The van der Waals surface area contributed by atoms with E-state index in [1.54, 1.807) is 42.7 Å². The van der Waals surface area contributed by atoms with Crippen molar-refractivity contribution in [1.82, 2.24) is 15.0 Å². The summed E-state index contributed by atoms with van der Waals surface area (Å²) in [7, 11) is 0. The van der Waals surface area contributed by atoms with Crippen molar-refractivity contribution in [2.24, 2.45) is 0 Å². The van der Waals surface area contributed by atoms with Gasteiger partial charge in [0.2, 0.25) is 5.78 Å². The Labute approximate surface area is 180 Å². The highest BCUT2D eigenvalue weighted by atomic mass is 79.9. The van der Waals surface area contributed by atoms with Crippen LogP contribution in [-0.2, 0) is 6.61 Å². The van der Waals surface area contributed by atoms with Crippen LogP contribution in [0.1, 0.15) is 33.0 Å². The number of thioether (sulfide) groups is 1. The highest BCUT2D eigenvalue weighted by Gasteiger charge is 2.27. The number of nitrogens with zero attached hydrogens (tertiary/aromatic N) is 3. The van der Waals surface area contributed by atoms with Crippen molar-refractivity contribution in [2.45, 2.75) is 25.5 Å². The van der Waals surface area contributed by atoms with Crippen LogP contribution in [0.2, 0.25) is 0 Å². The molecule has 0 atom stereocenters. The van der Waals surface area contributed by atoms with Crippen LogP contribution in [0.3, 0.4) is 0 Å². The molecule has 0 unspecified atom stereocenters. The molecule has 8 heteroatoms. The van der Waals surface area contributed by atoms with Crippen LogP contribution in [-0.4, -0.2) is 25.8 Å². The van der Waals surface area contributed by atoms with Crippen molar-refractivity contribution >= 4 is 39.6 Å². The number of benzene rings is 1. The average molecular weight is 470 g/mol. The number of carbonyl (C=O) groups is 1. The van der Waals surface area contributed by atoms with Crippen LogP contribution in [0, 0.1) is 13.8 Å². The maximum atomic E-state index is 12.6. The Hall–Kier alpha value is -2.71. The van der Waals surface area contributed by atoms with E-state index in [1.165, 1.54) is 11.8 Å². The Morgan fingerprint density at radius 2 is 2.10 bits per heavy atom. The highest BCUT2D eigenvalue weighted by molar-refractivity contribution is 9.10. The molecule has 0 radical (unpaired) electrons. The van der Waals surface area contributed by atoms with Gasteiger partial charge in [-0.3, -0.25) is 4.79 Å². The molecule has 1 aliphatic rings. The molecular weight excluding hydrogens is 454 g/mol. The minimum Gasteiger partial charge on any atom is -0.504 e. The number of ether oxygens (including phenoxy) is 1. The van der Waals surface area contributed by atoms with Gasteiger partial charge in [-0.05, 0) is 49.8 Å². The van der Waals surface area contributed by atoms with Crippen molar-refractivity contribution in [3.63, 3.8) is 0 Å². The summed E-state index contributed by atoms with van der Waals surface area (Å²) < 4.78 is 6.46. The monoisotopic (exact) mass is 469 g/mol. The third kappa shape index (κ3) is 4.04. The van der Waals surface area contributed by atoms with Gasteiger partial charge in [0.05, 0.1) is 10.5 Å². The summed E-state index contributed by atoms with van der Waals surface area (Å²) >= 11 is 4.77. The Kier molecular flexibility index (Phi) is 5.38. The number of rotatable bonds is 4. The van der Waals surface area contributed by atoms with E-state index >= 15 is 0 Å². The Morgan fingerprint density at radius 1 is 1.28 bits per heavy atom. The first-order valence-electron chi connectivity index (χ1n) is 8.76. The molecule has 3 aromatic rings. The molecule has 0 aliphatic carbocycles. The summed E-state index contributed by atoms with van der Waals surface area (Å²) in [5.74, 6) is 0.944. The fourth-order valence-electron chi connectivity index (χ4n) is 2.85. The molecule has 0 bridgehead atoms. The number of halogens is 1. The molecule has 146 valence electrons. The lowest BCUT2D eigenvalue weighted by molar-refractivity contribution is 0.104. The lowest BCUT2D eigenvalue weighted by Crippen LogP contribution is -2.02. The largest absolute Gasteiger partial charge is 0.504 e. The van der Waals surface area contributed by atoms with Gasteiger partial charge < -0.3 is 9.84 Å². The summed E-state index contributed by atoms with van der Waals surface area (Å²) in [5, 5.41) is 11.0. The number of carbonyl (C=O) groups excluding carboxylic acids is 1. The van der Waals surface area contributed by atoms with Crippen molar-refractivity contribution in [1.29, 1.82) is 0 Å². The second-order valence-electron chi connectivity index (χ2n) is 6.45. The van der Waals surface area contributed by atoms with Gasteiger partial charge in [-0.15, -0.1) is 0 Å². The zero-order valence-electron chi connectivity index (χ0n) is 15.6. The molecule has 29 heavy (non-hydrogen) atoms. The number of aromatic nitrogens is 3. The van der Waals surface area contributed by atoms with Crippen molar-refractivity contribution in [3.8, 4) is 11.5 Å². The van der Waals surface area contributed by atoms with E-state index in [4.69, 9.17) is 4.74 Å². The highest BCUT2D eigenvalue weighted by Crippen LogP contribution is 2.41. The van der Waals surface area contributed by atoms with E-state index in [1.807, 2.05) is 13.8 Å². The maximum Gasteiger partial charge on any atom is 0.202 e. The zero-order chi connectivity index (χ0) is 20.5. The molecular formula is C21H16BrN3O3S. The number of aromatic hydroxyl groups is 1. The third-order valence-corrected chi connectivity index (χ3v) is 6.12. The smallest absolute Gasteiger partial charge is 0.202 e. The van der Waals surface area contributed by atoms with Gasteiger partial charge >= 0.3 is 0 Å². The first kappa shape index (κ1) is 19.6. The van der Waals surface area contributed by atoms with Crippen LogP contribution in [0.4, 0.5) is 0 Å². The first-order valence-corrected chi connectivity index (χ1v) is 10.4. The second-order valence-corrected chi connectivity index (χ2v) is 8.34. The molecule has 4 rings (SSSR count). The molecule has 0 amide bonds. The van der Waals surface area contributed by atoms with E-state index in [0.717, 1.165) is 16.8 Å². The summed E-state index contributed by atoms with van der Waals surface area (Å²) in [6.45, 7) is 3.94. The van der Waals surface area contributed by atoms with Gasteiger partial charge in [0.25, 0.3) is 0 Å². The van der Waals surface area contributed by atoms with Crippen LogP contribution in [0.5, 0.6) is 11.5 Å². The summed E-state index contributed by atoms with van der Waals surface area (Å²) in [6, 6.07) is 6.76. The SMILES string of the molecule is Cc1ncc(COc2cc(/C=C3\Sc4ncccc4C3=O)c(Br)cc2O)c(C)n1. The number of aryl methyl sites for hydroxylation is 2. The molecule has 2 aromatic heterocycles. The van der Waals surface area contributed by atoms with Gasteiger partial charge in [-0.25, -0.2) is 15.0 Å². The Morgan fingerprint density at radius 3 is 2.86 bits per heavy atom. The normalized spacial score (nSPS) is 14.3. The molecule has 0 fully saturated rings. The van der Waals surface area contributed by atoms with Gasteiger partial charge in [0.1, 0.15) is 17.5 Å². The van der Waals surface area contributed by atoms with E-state index in [9.17, 15) is 9.90 Å². The number of fused-ring (bicyclic) bond motifs is 1. The van der Waals surface area contributed by atoms with Gasteiger partial charge in [-0.1, -0.05) is 27.7 Å². The van der Waals surface area contributed by atoms with Crippen LogP contribution >= 0.6 is 27.7 Å². The van der Waals surface area contributed by atoms with Crippen LogP contribution in [0.25, 0.3) is 6.08 Å². The summed E-state index contributed by atoms with van der Waals surface area (Å²) in [4.78, 5) is 25.9. The predicted octanol–water partition coefficient (Wildman–Crippen LogP) is 4.87. The van der Waals surface area contributed by atoms with Gasteiger partial charge in [-0.2, -0.15) is 0 Å². The summed E-state index contributed by atoms with van der Waals surface area (Å²) in [5.41, 5.74) is 2.99. The Balaban J connectivity index is 1.60. The molecule has 0 spiro atoms. The lowest BCUT2D eigenvalue weighted by Gasteiger charge is -2.12. The van der Waals surface area contributed by atoms with E-state index in [0.29, 0.717) is 31.5 Å². The first-order chi connectivity index (χ1) is 13.9. The van der Waals surface area contributed by atoms with E-state index < -0.39 is 0 Å². The molecule has 0 saturated heterocycles. The quantitative estimate of drug-likeness (QED) is 0.545. The number of hydrogen-bond donors (Lipinski definition) is 1. The fourth-order valence-corrected chi connectivity index (χ4v) is 4.28. The number of ketones is 1. The van der Waals surface area contributed by atoms with E-state index in [2.05, 4.69) is 30.9 Å². The van der Waals surface area contributed by atoms with Crippen molar-refractivity contribution < 1.29 is 14.6 Å². The number of phenols is 1. The zero-order valence-corrected chi connectivity index (χ0v) is 18.0. The number of hydrogen-bond acceptors (Lipinski definition) is 7. The second kappa shape index (κ2) is 7.96. The maximum absolute atomic E-state index is 12.6. The average Bonchev–Trinajstić information content (AvgIpc) is 3.00.